The summed E-state index contributed by atoms with van der Waals surface area (Å²) in [7, 11) is -0.644. The highest BCUT2D eigenvalue weighted by molar-refractivity contribution is 7.91. The number of benzene rings is 1. The lowest BCUT2D eigenvalue weighted by Gasteiger charge is -2.20. The zero-order valence-corrected chi connectivity index (χ0v) is 22.5. The minimum Gasteiger partial charge on any atom is -0.494 e. The van der Waals surface area contributed by atoms with Crippen LogP contribution in [0, 0.1) is 0 Å². The van der Waals surface area contributed by atoms with Crippen molar-refractivity contribution in [2.75, 3.05) is 14.2 Å². The molecule has 4 aromatic rings. The zero-order valence-electron chi connectivity index (χ0n) is 21.0. The van der Waals surface area contributed by atoms with Crippen LogP contribution in [0.1, 0.15) is 43.0 Å². The van der Waals surface area contributed by atoms with E-state index in [0.717, 1.165) is 5.76 Å². The molecule has 0 radical (unpaired) electrons. The number of sulfone groups is 1. The third kappa shape index (κ3) is 5.78. The van der Waals surface area contributed by atoms with Gasteiger partial charge >= 0.3 is 0 Å². The molecule has 0 aliphatic rings. The quantitative estimate of drug-likeness (QED) is 0.272. The summed E-state index contributed by atoms with van der Waals surface area (Å²) in [6, 6.07) is 9.02. The van der Waals surface area contributed by atoms with Gasteiger partial charge in [-0.3, -0.25) is 4.57 Å². The van der Waals surface area contributed by atoms with E-state index < -0.39 is 21.0 Å². The lowest BCUT2D eigenvalue weighted by molar-refractivity contribution is 0.390. The predicted molar refractivity (Wildman–Crippen MR) is 138 cm³/mol. The van der Waals surface area contributed by atoms with Gasteiger partial charge in [-0.05, 0) is 31.2 Å². The Kier molecular flexibility index (Phi) is 8.13. The fraction of sp³-hybridized carbons (Fsp3) is 0.360. The van der Waals surface area contributed by atoms with E-state index >= 15 is 0 Å². The van der Waals surface area contributed by atoms with Crippen molar-refractivity contribution < 1.29 is 22.3 Å². The Morgan fingerprint density at radius 2 is 1.62 bits per heavy atom. The molecule has 37 heavy (non-hydrogen) atoms. The number of halogens is 1. The molecule has 4 rings (SSSR count). The summed E-state index contributed by atoms with van der Waals surface area (Å²) in [4.78, 5) is 8.40. The fourth-order valence-electron chi connectivity index (χ4n) is 4.00. The second kappa shape index (κ2) is 11.3. The Bertz CT molecular complexity index is 1420. The van der Waals surface area contributed by atoms with Gasteiger partial charge in [0.05, 0.1) is 30.8 Å². The van der Waals surface area contributed by atoms with Gasteiger partial charge in [0.25, 0.3) is 0 Å². The molecule has 1 aromatic carbocycles. The summed E-state index contributed by atoms with van der Waals surface area (Å²) in [6.45, 7) is 3.41. The lowest BCUT2D eigenvalue weighted by Crippen LogP contribution is -2.27. The smallest absolute Gasteiger partial charge is 0.160 e. The summed E-state index contributed by atoms with van der Waals surface area (Å²) in [5.41, 5.74) is 0.527. The second-order valence-corrected chi connectivity index (χ2v) is 11.3. The van der Waals surface area contributed by atoms with Crippen molar-refractivity contribution in [3.63, 3.8) is 0 Å². The van der Waals surface area contributed by atoms with E-state index in [9.17, 15) is 8.42 Å². The van der Waals surface area contributed by atoms with E-state index in [2.05, 4.69) is 20.2 Å². The number of hydrogen-bond acceptors (Lipinski definition) is 9. The maximum absolute atomic E-state index is 13.6. The van der Waals surface area contributed by atoms with Crippen LogP contribution in [0.25, 0.3) is 5.69 Å². The normalized spacial score (nSPS) is 13.3. The fourth-order valence-corrected chi connectivity index (χ4v) is 5.65. The zero-order chi connectivity index (χ0) is 26.6. The van der Waals surface area contributed by atoms with Gasteiger partial charge in [0.1, 0.15) is 40.3 Å². The summed E-state index contributed by atoms with van der Waals surface area (Å²) < 4.78 is 45.5. The molecule has 0 saturated carbocycles. The van der Waals surface area contributed by atoms with Crippen molar-refractivity contribution in [2.45, 2.75) is 43.6 Å². The van der Waals surface area contributed by atoms with Gasteiger partial charge in [-0.1, -0.05) is 24.6 Å². The van der Waals surface area contributed by atoms with Crippen molar-refractivity contribution in [1.82, 2.24) is 24.7 Å². The Morgan fingerprint density at radius 1 is 0.973 bits per heavy atom. The number of rotatable bonds is 11. The molecule has 0 unspecified atom stereocenters. The standard InChI is InChI=1S/C25H28ClN5O5S/c1-16(25-27-13-18(26)14-28-25)17(2)37(32,33)15-23-30-29-22(11-10-19-7-6-12-36-19)31(23)24-20(34-3)8-5-9-21(24)35-4/h5-9,12-14,16-17H,10-11,15H2,1-4H3/t16-,17-/m0/s1. The van der Waals surface area contributed by atoms with E-state index in [1.807, 2.05) is 12.1 Å². The number of ether oxygens (including phenoxy) is 2. The molecule has 0 fully saturated rings. The number of furan rings is 1. The van der Waals surface area contributed by atoms with Crippen molar-refractivity contribution in [2.24, 2.45) is 0 Å². The number of nitrogens with zero attached hydrogens (tertiary/aromatic N) is 5. The molecule has 3 heterocycles. The summed E-state index contributed by atoms with van der Waals surface area (Å²) in [5.74, 6) is 2.12. The van der Waals surface area contributed by atoms with E-state index in [-0.39, 0.29) is 11.6 Å². The largest absolute Gasteiger partial charge is 0.494 e. The molecule has 3 aromatic heterocycles. The van der Waals surface area contributed by atoms with Crippen molar-refractivity contribution in [1.29, 1.82) is 0 Å². The molecule has 2 atom stereocenters. The number of aryl methyl sites for hydroxylation is 2. The molecule has 0 aliphatic carbocycles. The summed E-state index contributed by atoms with van der Waals surface area (Å²) >= 11 is 5.89. The van der Waals surface area contributed by atoms with Crippen LogP contribution in [0.2, 0.25) is 5.02 Å². The number of methoxy groups -OCH3 is 2. The molecule has 12 heteroatoms. The average Bonchev–Trinajstić information content (AvgIpc) is 3.56. The van der Waals surface area contributed by atoms with Gasteiger partial charge in [-0.15, -0.1) is 10.2 Å². The van der Waals surface area contributed by atoms with Crippen LogP contribution in [-0.2, 0) is 28.4 Å². The molecule has 0 amide bonds. The number of aromatic nitrogens is 5. The SMILES string of the molecule is COc1cccc(OC)c1-n1c(CCc2ccco2)nnc1CS(=O)(=O)[C@@H](C)[C@H](C)c1ncc(Cl)cn1. The van der Waals surface area contributed by atoms with E-state index in [0.29, 0.717) is 46.7 Å². The molecule has 196 valence electrons. The van der Waals surface area contributed by atoms with E-state index in [4.69, 9.17) is 25.5 Å². The van der Waals surface area contributed by atoms with Crippen LogP contribution in [-0.4, -0.2) is 52.6 Å². The predicted octanol–water partition coefficient (Wildman–Crippen LogP) is 4.21. The monoisotopic (exact) mass is 545 g/mol. The average molecular weight is 546 g/mol. The van der Waals surface area contributed by atoms with Crippen molar-refractivity contribution in [3.05, 3.63) is 77.2 Å². The number of hydrogen-bond donors (Lipinski definition) is 0. The van der Waals surface area contributed by atoms with E-state index in [1.54, 1.807) is 42.9 Å². The highest BCUT2D eigenvalue weighted by Crippen LogP contribution is 2.35. The van der Waals surface area contributed by atoms with Crippen LogP contribution in [0.3, 0.4) is 0 Å². The first-order valence-electron chi connectivity index (χ1n) is 11.6. The van der Waals surface area contributed by atoms with Crippen molar-refractivity contribution in [3.8, 4) is 17.2 Å². The van der Waals surface area contributed by atoms with Gasteiger partial charge in [0, 0.05) is 31.2 Å². The highest BCUT2D eigenvalue weighted by Gasteiger charge is 2.32. The second-order valence-electron chi connectivity index (χ2n) is 8.52. The summed E-state index contributed by atoms with van der Waals surface area (Å²) in [5, 5.41) is 8.23. The first kappa shape index (κ1) is 26.6. The number of para-hydroxylation sites is 1. The molecular formula is C25H28ClN5O5S. The highest BCUT2D eigenvalue weighted by atomic mass is 35.5. The van der Waals surface area contributed by atoms with Gasteiger partial charge in [0.2, 0.25) is 0 Å². The third-order valence-corrected chi connectivity index (χ3v) is 8.64. The van der Waals surface area contributed by atoms with E-state index in [1.165, 1.54) is 26.6 Å². The van der Waals surface area contributed by atoms with Crippen LogP contribution >= 0.6 is 11.6 Å². The van der Waals surface area contributed by atoms with Gasteiger partial charge in [-0.25, -0.2) is 18.4 Å². The maximum Gasteiger partial charge on any atom is 0.160 e. The maximum atomic E-state index is 13.6. The molecule has 10 nitrogen and oxygen atoms in total. The van der Waals surface area contributed by atoms with Crippen molar-refractivity contribution >= 4 is 21.4 Å². The molecule has 0 N–H and O–H groups in total. The van der Waals surface area contributed by atoms with Crippen LogP contribution < -0.4 is 9.47 Å². The third-order valence-electron chi connectivity index (χ3n) is 6.25. The minimum atomic E-state index is -3.72. The Morgan fingerprint density at radius 3 is 2.22 bits per heavy atom. The van der Waals surface area contributed by atoms with Gasteiger partial charge in [-0.2, -0.15) is 0 Å². The van der Waals surface area contributed by atoms with Gasteiger partial charge < -0.3 is 13.9 Å². The minimum absolute atomic E-state index is 0.244. The molecular weight excluding hydrogens is 518 g/mol. The Hall–Kier alpha value is -3.44. The molecule has 0 saturated heterocycles. The first-order valence-corrected chi connectivity index (χ1v) is 13.7. The van der Waals surface area contributed by atoms with Gasteiger partial charge in [0.15, 0.2) is 15.7 Å². The van der Waals surface area contributed by atoms with Crippen LogP contribution in [0.15, 0.2) is 53.4 Å². The lowest BCUT2D eigenvalue weighted by atomic mass is 10.1. The Balaban J connectivity index is 1.73. The summed E-state index contributed by atoms with van der Waals surface area (Å²) in [6.07, 6.45) is 5.52. The van der Waals surface area contributed by atoms with Crippen LogP contribution in [0.4, 0.5) is 0 Å². The van der Waals surface area contributed by atoms with Crippen LogP contribution in [0.5, 0.6) is 11.5 Å². The molecule has 0 aliphatic heterocycles. The topological polar surface area (TPSA) is 122 Å². The molecule has 0 spiro atoms. The first-order chi connectivity index (χ1) is 17.7. The molecule has 0 bridgehead atoms. The Labute approximate surface area is 220 Å².